The number of fused-ring (bicyclic) bond motifs is 1. The Labute approximate surface area is 211 Å². The first kappa shape index (κ1) is 25.9. The molecule has 2 unspecified atom stereocenters. The molecule has 3 N–H and O–H groups in total. The molecule has 3 saturated heterocycles. The van der Waals surface area contributed by atoms with Gasteiger partial charge in [0.25, 0.3) is 0 Å². The molecule has 1 aromatic rings. The van der Waals surface area contributed by atoms with E-state index in [1.54, 1.807) is 24.3 Å². The van der Waals surface area contributed by atoms with Crippen LogP contribution in [0.2, 0.25) is 5.02 Å². The molecule has 1 aromatic carbocycles. The Morgan fingerprint density at radius 2 is 1.94 bits per heavy atom. The fourth-order valence-electron chi connectivity index (χ4n) is 6.45. The van der Waals surface area contributed by atoms with Crippen molar-refractivity contribution in [1.29, 1.82) is 0 Å². The van der Waals surface area contributed by atoms with E-state index in [2.05, 4.69) is 10.6 Å². The molecule has 35 heavy (non-hydrogen) atoms. The number of nitrogens with one attached hydrogen (secondary N) is 2. The summed E-state index contributed by atoms with van der Waals surface area (Å²) in [5.41, 5.74) is -1.50. The van der Waals surface area contributed by atoms with Gasteiger partial charge >= 0.3 is 0 Å². The lowest BCUT2D eigenvalue weighted by Gasteiger charge is -2.38. The Hall–Kier alpha value is -2.16. The minimum atomic E-state index is -1.14. The van der Waals surface area contributed by atoms with Crippen LogP contribution in [0.1, 0.15) is 53.4 Å². The van der Waals surface area contributed by atoms with E-state index >= 15 is 0 Å². The summed E-state index contributed by atoms with van der Waals surface area (Å²) >= 11 is 6.31. The number of benzene rings is 1. The number of rotatable bonds is 9. The molecule has 0 aromatic heterocycles. The minimum absolute atomic E-state index is 0.112. The third-order valence-corrected chi connectivity index (χ3v) is 8.47. The zero-order valence-electron chi connectivity index (χ0n) is 20.8. The van der Waals surface area contributed by atoms with Crippen molar-refractivity contribution in [3.8, 4) is 0 Å². The number of anilines is 1. The molecule has 9 heteroatoms. The Kier molecular flexibility index (Phi) is 7.19. The Balaban J connectivity index is 1.80. The van der Waals surface area contributed by atoms with Crippen LogP contribution in [-0.4, -0.2) is 64.2 Å². The molecular weight excluding hydrogens is 470 g/mol. The van der Waals surface area contributed by atoms with Crippen LogP contribution in [0.5, 0.6) is 0 Å². The maximum atomic E-state index is 14.1. The third-order valence-electron chi connectivity index (χ3n) is 8.14. The van der Waals surface area contributed by atoms with E-state index in [1.165, 1.54) is 4.90 Å². The smallest absolute Gasteiger partial charge is 0.250 e. The largest absolute Gasteiger partial charge is 0.394 e. The minimum Gasteiger partial charge on any atom is -0.394 e. The fourth-order valence-corrected chi connectivity index (χ4v) is 6.64. The summed E-state index contributed by atoms with van der Waals surface area (Å²) in [4.78, 5) is 42.9. The molecule has 3 aliphatic heterocycles. The first-order valence-corrected chi connectivity index (χ1v) is 13.0. The number of halogens is 1. The molecule has 0 saturated carbocycles. The summed E-state index contributed by atoms with van der Waals surface area (Å²) in [6.45, 7) is 7.95. The van der Waals surface area contributed by atoms with E-state index < -0.39 is 41.0 Å². The van der Waals surface area contributed by atoms with Gasteiger partial charge in [0.15, 0.2) is 0 Å². The van der Waals surface area contributed by atoms with Crippen molar-refractivity contribution in [3.63, 3.8) is 0 Å². The fraction of sp³-hybridized carbons (Fsp3) is 0.654. The van der Waals surface area contributed by atoms with Gasteiger partial charge in [-0.2, -0.15) is 0 Å². The van der Waals surface area contributed by atoms with Crippen LogP contribution in [-0.2, 0) is 19.1 Å². The van der Waals surface area contributed by atoms with Crippen molar-refractivity contribution in [2.75, 3.05) is 18.5 Å². The summed E-state index contributed by atoms with van der Waals surface area (Å²) in [6.07, 6.45) is 2.42. The molecule has 1 spiro atoms. The maximum absolute atomic E-state index is 14.1. The zero-order chi connectivity index (χ0) is 25.5. The van der Waals surface area contributed by atoms with E-state index in [0.717, 1.165) is 6.42 Å². The van der Waals surface area contributed by atoms with Gasteiger partial charge < -0.3 is 25.4 Å². The number of para-hydroxylation sites is 1. The van der Waals surface area contributed by atoms with Gasteiger partial charge in [-0.1, -0.05) is 51.4 Å². The summed E-state index contributed by atoms with van der Waals surface area (Å²) in [5, 5.41) is 16.5. The van der Waals surface area contributed by atoms with Crippen LogP contribution < -0.4 is 10.6 Å². The Morgan fingerprint density at radius 3 is 2.54 bits per heavy atom. The van der Waals surface area contributed by atoms with Crippen molar-refractivity contribution in [2.45, 2.75) is 76.7 Å². The van der Waals surface area contributed by atoms with Crippen LogP contribution in [0.3, 0.4) is 0 Å². The van der Waals surface area contributed by atoms with Gasteiger partial charge in [-0.05, 0) is 43.7 Å². The quantitative estimate of drug-likeness (QED) is 0.478. The topological polar surface area (TPSA) is 108 Å². The second-order valence-corrected chi connectivity index (χ2v) is 10.7. The van der Waals surface area contributed by atoms with Crippen molar-refractivity contribution in [1.82, 2.24) is 10.2 Å². The van der Waals surface area contributed by atoms with Gasteiger partial charge in [-0.15, -0.1) is 0 Å². The summed E-state index contributed by atoms with van der Waals surface area (Å²) < 4.78 is 6.71. The van der Waals surface area contributed by atoms with Crippen LogP contribution in [0.4, 0.5) is 5.69 Å². The number of hydrogen-bond donors (Lipinski definition) is 3. The average Bonchev–Trinajstić information content (AvgIpc) is 3.43. The lowest BCUT2D eigenvalue weighted by molar-refractivity contribution is -0.150. The first-order chi connectivity index (χ1) is 16.7. The standard InChI is InChI=1S/C26H36ClN3O5/c1-5-13-28-22(32)19-20-24(34)30(18(14-31)15(3)4)21(26(20)12-11-25(19,6-2)35-26)23(33)29-17-10-8-7-9-16(17)27/h7-10,15,18-21,31H,5-6,11-14H2,1-4H3,(H,28,32)(H,29,33)/t18-,19-,20-,21?,25+,26?/m0/s1. The van der Waals surface area contributed by atoms with Gasteiger partial charge in [0.2, 0.25) is 17.7 Å². The Bertz CT molecular complexity index is 1000. The maximum Gasteiger partial charge on any atom is 0.250 e. The lowest BCUT2D eigenvalue weighted by Crippen LogP contribution is -2.57. The first-order valence-electron chi connectivity index (χ1n) is 12.6. The number of ether oxygens (including phenoxy) is 1. The van der Waals surface area contributed by atoms with Gasteiger partial charge in [-0.3, -0.25) is 14.4 Å². The number of aliphatic hydroxyl groups is 1. The van der Waals surface area contributed by atoms with E-state index in [9.17, 15) is 19.5 Å². The van der Waals surface area contributed by atoms with Crippen molar-refractivity contribution in [3.05, 3.63) is 29.3 Å². The van der Waals surface area contributed by atoms with E-state index in [4.69, 9.17) is 16.3 Å². The van der Waals surface area contributed by atoms with Crippen LogP contribution in [0.25, 0.3) is 0 Å². The van der Waals surface area contributed by atoms with Crippen molar-refractivity contribution in [2.24, 2.45) is 17.8 Å². The molecule has 0 aliphatic carbocycles. The molecule has 0 radical (unpaired) electrons. The van der Waals surface area contributed by atoms with Crippen LogP contribution in [0, 0.1) is 17.8 Å². The summed E-state index contributed by atoms with van der Waals surface area (Å²) in [7, 11) is 0. The molecular formula is C26H36ClN3O5. The monoisotopic (exact) mass is 505 g/mol. The number of nitrogens with zero attached hydrogens (tertiary/aromatic N) is 1. The number of likely N-dealkylation sites (tertiary alicyclic amines) is 1. The van der Waals surface area contributed by atoms with Crippen LogP contribution >= 0.6 is 11.6 Å². The molecule has 3 amide bonds. The molecule has 4 rings (SSSR count). The number of aliphatic hydroxyl groups excluding tert-OH is 1. The highest BCUT2D eigenvalue weighted by molar-refractivity contribution is 6.33. The van der Waals surface area contributed by atoms with Gasteiger partial charge in [0, 0.05) is 6.54 Å². The second-order valence-electron chi connectivity index (χ2n) is 10.3. The molecule has 3 aliphatic rings. The summed E-state index contributed by atoms with van der Waals surface area (Å²) in [5.74, 6) is -2.51. The van der Waals surface area contributed by atoms with E-state index in [0.29, 0.717) is 36.5 Å². The third kappa shape index (κ3) is 3.94. The number of amides is 3. The molecule has 8 nitrogen and oxygen atoms in total. The molecule has 2 bridgehead atoms. The van der Waals surface area contributed by atoms with Crippen LogP contribution in [0.15, 0.2) is 24.3 Å². The van der Waals surface area contributed by atoms with Crippen molar-refractivity contribution >= 4 is 35.0 Å². The molecule has 192 valence electrons. The second kappa shape index (κ2) is 9.71. The molecule has 3 heterocycles. The lowest BCUT2D eigenvalue weighted by atomic mass is 9.65. The zero-order valence-corrected chi connectivity index (χ0v) is 21.6. The highest BCUT2D eigenvalue weighted by Gasteiger charge is 2.79. The molecule has 3 fully saturated rings. The number of hydrogen-bond acceptors (Lipinski definition) is 5. The summed E-state index contributed by atoms with van der Waals surface area (Å²) in [6, 6.07) is 5.33. The molecule has 6 atom stereocenters. The SMILES string of the molecule is CCCNC(=O)[C@@H]1[C@H]2C(=O)N([C@@H](CO)C(C)C)C(C(=O)Nc3ccccc3Cl)C23CC[C@@]1(CC)O3. The Morgan fingerprint density at radius 1 is 1.23 bits per heavy atom. The average molecular weight is 506 g/mol. The highest BCUT2D eigenvalue weighted by Crippen LogP contribution is 2.64. The van der Waals surface area contributed by atoms with Crippen molar-refractivity contribution < 1.29 is 24.2 Å². The van der Waals surface area contributed by atoms with E-state index in [-0.39, 0.29) is 24.3 Å². The van der Waals surface area contributed by atoms with Gasteiger partial charge in [0.05, 0.1) is 40.8 Å². The van der Waals surface area contributed by atoms with Gasteiger partial charge in [0.1, 0.15) is 11.6 Å². The van der Waals surface area contributed by atoms with Gasteiger partial charge in [-0.25, -0.2) is 0 Å². The normalized spacial score (nSPS) is 32.1. The number of carbonyl (C=O) groups is 3. The predicted octanol–water partition coefficient (Wildman–Crippen LogP) is 2.98. The number of carbonyl (C=O) groups excluding carboxylic acids is 3. The predicted molar refractivity (Wildman–Crippen MR) is 133 cm³/mol. The van der Waals surface area contributed by atoms with E-state index in [1.807, 2.05) is 27.7 Å². The highest BCUT2D eigenvalue weighted by atomic mass is 35.5.